The Hall–Kier alpha value is -2.19. The number of rotatable bonds is 5. The predicted molar refractivity (Wildman–Crippen MR) is 66.2 cm³/mol. The van der Waals surface area contributed by atoms with Crippen LogP contribution in [0, 0.1) is 5.82 Å². The molecule has 3 amide bonds. The van der Waals surface area contributed by atoms with Gasteiger partial charge in [0.2, 0.25) is 5.91 Å². The van der Waals surface area contributed by atoms with Crippen molar-refractivity contribution in [3.8, 4) is 0 Å². The highest BCUT2D eigenvalue weighted by atomic mass is 19.1. The lowest BCUT2D eigenvalue weighted by Crippen LogP contribution is -2.37. The zero-order chi connectivity index (χ0) is 14.3. The average molecular weight is 270 g/mol. The molecule has 0 spiro atoms. The second-order valence-corrected chi connectivity index (χ2v) is 3.54. The van der Waals surface area contributed by atoms with Gasteiger partial charge in [-0.05, 0) is 12.1 Å². The molecule has 0 heterocycles. The van der Waals surface area contributed by atoms with Crippen molar-refractivity contribution in [3.63, 3.8) is 0 Å². The highest BCUT2D eigenvalue weighted by molar-refractivity contribution is 5.89. The third kappa shape index (κ3) is 4.90. The molecule has 4 N–H and O–H groups in total. The summed E-state index contributed by atoms with van der Waals surface area (Å²) in [5.41, 5.74) is 7.17. The Kier molecular flexibility index (Phi) is 5.71. The van der Waals surface area contributed by atoms with Crippen molar-refractivity contribution >= 4 is 17.6 Å². The van der Waals surface area contributed by atoms with E-state index in [1.807, 2.05) is 0 Å². The van der Waals surface area contributed by atoms with Crippen LogP contribution in [-0.4, -0.2) is 19.0 Å². The Morgan fingerprint density at radius 3 is 2.74 bits per heavy atom. The number of urea groups is 1. The Morgan fingerprint density at radius 2 is 2.11 bits per heavy atom. The summed E-state index contributed by atoms with van der Waals surface area (Å²) < 4.78 is 13.6. The number of hydrazine groups is 1. The molecular formula is C11H15FN4O3. The van der Waals surface area contributed by atoms with E-state index in [4.69, 9.17) is 4.84 Å². The van der Waals surface area contributed by atoms with E-state index < -0.39 is 17.8 Å². The van der Waals surface area contributed by atoms with Gasteiger partial charge in [0.25, 0.3) is 0 Å². The van der Waals surface area contributed by atoms with Gasteiger partial charge >= 0.3 is 6.03 Å². The zero-order valence-corrected chi connectivity index (χ0v) is 10.5. The molecule has 0 aliphatic heterocycles. The Morgan fingerprint density at radius 1 is 1.37 bits per heavy atom. The van der Waals surface area contributed by atoms with E-state index in [1.54, 1.807) is 0 Å². The molecule has 104 valence electrons. The molecule has 1 aromatic rings. The van der Waals surface area contributed by atoms with Crippen molar-refractivity contribution in [3.05, 3.63) is 29.6 Å². The van der Waals surface area contributed by atoms with Crippen LogP contribution in [0.3, 0.4) is 0 Å². The monoisotopic (exact) mass is 270 g/mol. The van der Waals surface area contributed by atoms with Gasteiger partial charge in [-0.25, -0.2) is 20.1 Å². The second kappa shape index (κ2) is 7.29. The van der Waals surface area contributed by atoms with Crippen LogP contribution in [0.5, 0.6) is 0 Å². The molecule has 0 aliphatic carbocycles. The number of anilines is 1. The van der Waals surface area contributed by atoms with Gasteiger partial charge in [0.05, 0.1) is 5.69 Å². The predicted octanol–water partition coefficient (Wildman–Crippen LogP) is 0.649. The van der Waals surface area contributed by atoms with Gasteiger partial charge in [-0.2, -0.15) is 0 Å². The summed E-state index contributed by atoms with van der Waals surface area (Å²) in [6, 6.07) is 3.65. The largest absolute Gasteiger partial charge is 0.333 e. The summed E-state index contributed by atoms with van der Waals surface area (Å²) in [6.45, 7) is 1.06. The van der Waals surface area contributed by atoms with Crippen LogP contribution in [0.15, 0.2) is 18.2 Å². The lowest BCUT2D eigenvalue weighted by molar-refractivity contribution is -0.132. The van der Waals surface area contributed by atoms with Crippen molar-refractivity contribution < 1.29 is 18.8 Å². The molecule has 0 saturated heterocycles. The fourth-order valence-corrected chi connectivity index (χ4v) is 1.30. The Balaban J connectivity index is 2.76. The molecule has 0 aliphatic rings. The minimum Gasteiger partial charge on any atom is -0.306 e. The summed E-state index contributed by atoms with van der Waals surface area (Å²) in [6.07, 6.45) is 0. The van der Waals surface area contributed by atoms with Gasteiger partial charge in [-0.3, -0.25) is 15.1 Å². The molecule has 0 radical (unpaired) electrons. The molecule has 0 aromatic heterocycles. The van der Waals surface area contributed by atoms with Gasteiger partial charge < -0.3 is 5.32 Å². The van der Waals surface area contributed by atoms with Crippen LogP contribution in [0.2, 0.25) is 0 Å². The Bertz CT molecular complexity index is 467. The van der Waals surface area contributed by atoms with E-state index in [0.717, 1.165) is 0 Å². The molecule has 1 aromatic carbocycles. The number of amides is 3. The molecule has 19 heavy (non-hydrogen) atoms. The minimum atomic E-state index is -0.549. The number of benzene rings is 1. The molecule has 0 fully saturated rings. The Labute approximate surface area is 109 Å². The molecule has 7 nitrogen and oxygen atoms in total. The van der Waals surface area contributed by atoms with Crippen molar-refractivity contribution in [2.75, 3.05) is 12.4 Å². The summed E-state index contributed by atoms with van der Waals surface area (Å²) in [5.74, 6) is -0.952. The maximum absolute atomic E-state index is 13.6. The smallest absolute Gasteiger partial charge is 0.306 e. The average Bonchev–Trinajstić information content (AvgIpc) is 2.32. The van der Waals surface area contributed by atoms with Gasteiger partial charge in [0.1, 0.15) is 12.4 Å². The van der Waals surface area contributed by atoms with E-state index in [0.29, 0.717) is 0 Å². The summed E-state index contributed by atoms with van der Waals surface area (Å²) in [5, 5.41) is 2.45. The van der Waals surface area contributed by atoms with Crippen LogP contribution in [-0.2, 0) is 16.2 Å². The van der Waals surface area contributed by atoms with Gasteiger partial charge in [-0.15, -0.1) is 0 Å². The summed E-state index contributed by atoms with van der Waals surface area (Å²) in [7, 11) is 1.52. The standard InChI is InChI=1S/C11H15FN4O3/c1-7(17)16-19-6-8-9(12)4-3-5-10(8)14-11(18)15-13-2/h3-5,13H,6H2,1-2H3,(H,16,17)(H2,14,15,18). The summed E-state index contributed by atoms with van der Waals surface area (Å²) in [4.78, 5) is 26.8. The van der Waals surface area contributed by atoms with Crippen LogP contribution in [0.1, 0.15) is 12.5 Å². The topological polar surface area (TPSA) is 91.5 Å². The minimum absolute atomic E-state index is 0.127. The number of nitrogens with one attached hydrogen (secondary N) is 4. The zero-order valence-electron chi connectivity index (χ0n) is 10.5. The molecule has 1 rings (SSSR count). The van der Waals surface area contributed by atoms with Crippen molar-refractivity contribution in [2.45, 2.75) is 13.5 Å². The first-order valence-corrected chi connectivity index (χ1v) is 5.44. The van der Waals surface area contributed by atoms with Gasteiger partial charge in [0.15, 0.2) is 0 Å². The fraction of sp³-hybridized carbons (Fsp3) is 0.273. The first kappa shape index (κ1) is 14.9. The third-order valence-electron chi connectivity index (χ3n) is 2.04. The van der Waals surface area contributed by atoms with Crippen LogP contribution < -0.4 is 21.6 Å². The van der Waals surface area contributed by atoms with Crippen LogP contribution >= 0.6 is 0 Å². The molecule has 0 atom stereocenters. The molecular weight excluding hydrogens is 255 g/mol. The normalized spacial score (nSPS) is 9.84. The highest BCUT2D eigenvalue weighted by Gasteiger charge is 2.11. The van der Waals surface area contributed by atoms with Gasteiger partial charge in [-0.1, -0.05) is 6.07 Å². The van der Waals surface area contributed by atoms with E-state index in [1.165, 1.54) is 32.2 Å². The van der Waals surface area contributed by atoms with E-state index >= 15 is 0 Å². The third-order valence-corrected chi connectivity index (χ3v) is 2.04. The van der Waals surface area contributed by atoms with E-state index in [2.05, 4.69) is 21.6 Å². The fourth-order valence-electron chi connectivity index (χ4n) is 1.30. The number of carbonyl (C=O) groups is 2. The number of carbonyl (C=O) groups excluding carboxylic acids is 2. The first-order valence-electron chi connectivity index (χ1n) is 5.44. The first-order chi connectivity index (χ1) is 9.04. The number of hydrogen-bond acceptors (Lipinski definition) is 4. The lowest BCUT2D eigenvalue weighted by atomic mass is 10.2. The van der Waals surface area contributed by atoms with Crippen molar-refractivity contribution in [1.29, 1.82) is 0 Å². The van der Waals surface area contributed by atoms with Crippen LogP contribution in [0.4, 0.5) is 14.9 Å². The van der Waals surface area contributed by atoms with Crippen molar-refractivity contribution in [2.24, 2.45) is 0 Å². The second-order valence-electron chi connectivity index (χ2n) is 3.54. The van der Waals surface area contributed by atoms with Crippen LogP contribution in [0.25, 0.3) is 0 Å². The summed E-state index contributed by atoms with van der Waals surface area (Å²) >= 11 is 0. The van der Waals surface area contributed by atoms with E-state index in [9.17, 15) is 14.0 Å². The van der Waals surface area contributed by atoms with Gasteiger partial charge in [0, 0.05) is 19.5 Å². The lowest BCUT2D eigenvalue weighted by Gasteiger charge is -2.12. The molecule has 0 bridgehead atoms. The maximum Gasteiger partial charge on any atom is 0.333 e. The number of hydroxylamine groups is 1. The number of hydrogen-bond donors (Lipinski definition) is 4. The quantitative estimate of drug-likeness (QED) is 0.591. The highest BCUT2D eigenvalue weighted by Crippen LogP contribution is 2.19. The molecule has 0 saturated carbocycles. The molecule has 0 unspecified atom stereocenters. The number of halogens is 1. The van der Waals surface area contributed by atoms with E-state index in [-0.39, 0.29) is 17.9 Å². The molecule has 8 heteroatoms. The maximum atomic E-state index is 13.6. The SMILES string of the molecule is CNNC(=O)Nc1cccc(F)c1CONC(C)=O. The van der Waals surface area contributed by atoms with Crippen molar-refractivity contribution in [1.82, 2.24) is 16.3 Å².